The Balaban J connectivity index is 1.26. The second kappa shape index (κ2) is 12.8. The van der Waals surface area contributed by atoms with Crippen molar-refractivity contribution in [2.45, 2.75) is 56.8 Å². The van der Waals surface area contributed by atoms with Gasteiger partial charge in [0.15, 0.2) is 0 Å². The number of carbonyl (C=O) groups excluding carboxylic acids is 1. The SMILES string of the molecule is O=C1CCCCCN1CCCOc1cccc(CN2CC[C@H](O)[C@@](O)(COc3cccc(Cl)c3)C2)c1. The number of nitrogens with zero attached hydrogens (tertiary/aromatic N) is 2. The molecule has 4 rings (SSSR count). The molecule has 2 aliphatic heterocycles. The van der Waals surface area contributed by atoms with Crippen LogP contribution in [0.25, 0.3) is 0 Å². The molecule has 196 valence electrons. The number of hydrogen-bond acceptors (Lipinski definition) is 6. The smallest absolute Gasteiger partial charge is 0.222 e. The average molecular weight is 517 g/mol. The number of aliphatic hydroxyl groups is 2. The van der Waals surface area contributed by atoms with Crippen molar-refractivity contribution in [3.63, 3.8) is 0 Å². The molecule has 0 aromatic heterocycles. The minimum absolute atomic E-state index is 0.0202. The average Bonchev–Trinajstić information content (AvgIpc) is 3.07. The molecule has 2 aromatic carbocycles. The summed E-state index contributed by atoms with van der Waals surface area (Å²) in [6, 6.07) is 15.0. The molecule has 2 fully saturated rings. The first-order valence-corrected chi connectivity index (χ1v) is 13.3. The zero-order valence-corrected chi connectivity index (χ0v) is 21.5. The van der Waals surface area contributed by atoms with E-state index in [2.05, 4.69) is 4.90 Å². The lowest BCUT2D eigenvalue weighted by atomic mass is 9.90. The molecule has 2 N–H and O–H groups in total. The Labute approximate surface area is 218 Å². The Morgan fingerprint density at radius 2 is 1.83 bits per heavy atom. The van der Waals surface area contributed by atoms with Crippen molar-refractivity contribution in [1.82, 2.24) is 9.80 Å². The van der Waals surface area contributed by atoms with Gasteiger partial charge in [0.25, 0.3) is 0 Å². The fraction of sp³-hybridized carbons (Fsp3) is 0.536. The Morgan fingerprint density at radius 1 is 1.03 bits per heavy atom. The maximum atomic E-state index is 12.1. The van der Waals surface area contributed by atoms with Crippen molar-refractivity contribution in [3.8, 4) is 11.5 Å². The highest BCUT2D eigenvalue weighted by molar-refractivity contribution is 6.30. The molecule has 36 heavy (non-hydrogen) atoms. The summed E-state index contributed by atoms with van der Waals surface area (Å²) >= 11 is 6.02. The van der Waals surface area contributed by atoms with Crippen LogP contribution in [-0.4, -0.2) is 77.0 Å². The second-order valence-corrected chi connectivity index (χ2v) is 10.3. The Hall–Kier alpha value is -2.32. The number of hydrogen-bond donors (Lipinski definition) is 2. The molecule has 0 radical (unpaired) electrons. The van der Waals surface area contributed by atoms with E-state index in [1.807, 2.05) is 29.2 Å². The largest absolute Gasteiger partial charge is 0.494 e. The van der Waals surface area contributed by atoms with Gasteiger partial charge in [-0.25, -0.2) is 0 Å². The highest BCUT2D eigenvalue weighted by Gasteiger charge is 2.42. The van der Waals surface area contributed by atoms with E-state index in [1.54, 1.807) is 24.3 Å². The van der Waals surface area contributed by atoms with E-state index in [-0.39, 0.29) is 12.5 Å². The molecule has 0 aliphatic carbocycles. The quantitative estimate of drug-likeness (QED) is 0.466. The molecule has 0 spiro atoms. The first-order chi connectivity index (χ1) is 17.4. The lowest BCUT2D eigenvalue weighted by molar-refractivity contribution is -0.140. The lowest BCUT2D eigenvalue weighted by Crippen LogP contribution is -2.59. The Bertz CT molecular complexity index is 1010. The van der Waals surface area contributed by atoms with Crippen LogP contribution >= 0.6 is 11.6 Å². The van der Waals surface area contributed by atoms with Gasteiger partial charge in [-0.3, -0.25) is 9.69 Å². The van der Waals surface area contributed by atoms with E-state index in [0.717, 1.165) is 50.1 Å². The van der Waals surface area contributed by atoms with E-state index in [1.165, 1.54) is 0 Å². The number of carbonyl (C=O) groups is 1. The lowest BCUT2D eigenvalue weighted by Gasteiger charge is -2.42. The summed E-state index contributed by atoms with van der Waals surface area (Å²) in [7, 11) is 0. The highest BCUT2D eigenvalue weighted by Crippen LogP contribution is 2.26. The monoisotopic (exact) mass is 516 g/mol. The number of amides is 1. The maximum Gasteiger partial charge on any atom is 0.222 e. The molecule has 2 heterocycles. The van der Waals surface area contributed by atoms with Gasteiger partial charge in [0.05, 0.1) is 12.7 Å². The van der Waals surface area contributed by atoms with Crippen molar-refractivity contribution >= 4 is 17.5 Å². The van der Waals surface area contributed by atoms with Gasteiger partial charge in [-0.05, 0) is 61.6 Å². The van der Waals surface area contributed by atoms with Crippen LogP contribution < -0.4 is 9.47 Å². The molecule has 2 atom stereocenters. The number of β-amino-alcohol motifs (C(OH)–C–C–N with tert-alkyl or cyclic N) is 1. The number of halogens is 1. The Morgan fingerprint density at radius 3 is 2.67 bits per heavy atom. The molecule has 8 heteroatoms. The number of likely N-dealkylation sites (tertiary alicyclic amines) is 2. The number of rotatable bonds is 10. The third-order valence-electron chi connectivity index (χ3n) is 6.94. The first-order valence-electron chi connectivity index (χ1n) is 12.9. The third-order valence-corrected chi connectivity index (χ3v) is 7.17. The fourth-order valence-electron chi connectivity index (χ4n) is 4.90. The van der Waals surface area contributed by atoms with Crippen LogP contribution in [0.15, 0.2) is 48.5 Å². The van der Waals surface area contributed by atoms with Crippen LogP contribution in [0.4, 0.5) is 0 Å². The van der Waals surface area contributed by atoms with E-state index < -0.39 is 11.7 Å². The van der Waals surface area contributed by atoms with Crippen LogP contribution in [-0.2, 0) is 11.3 Å². The highest BCUT2D eigenvalue weighted by atomic mass is 35.5. The standard InChI is InChI=1S/C28H37ClN2O5/c29-23-8-5-10-25(18-23)36-21-28(34)20-30(15-12-26(28)32)19-22-7-4-9-24(17-22)35-16-6-14-31-13-3-1-2-11-27(31)33/h4-5,7-10,17-18,26,32,34H,1-3,6,11-16,19-21H2/t26-,28-/m0/s1. The molecule has 0 unspecified atom stereocenters. The summed E-state index contributed by atoms with van der Waals surface area (Å²) in [5.74, 6) is 1.62. The normalized spacial score (nSPS) is 23.4. The van der Waals surface area contributed by atoms with Gasteiger partial charge in [-0.2, -0.15) is 0 Å². The van der Waals surface area contributed by atoms with Gasteiger partial charge in [-0.1, -0.05) is 36.2 Å². The zero-order chi connectivity index (χ0) is 25.4. The van der Waals surface area contributed by atoms with Gasteiger partial charge in [0.2, 0.25) is 5.91 Å². The van der Waals surface area contributed by atoms with E-state index in [4.69, 9.17) is 21.1 Å². The summed E-state index contributed by atoms with van der Waals surface area (Å²) in [6.45, 7) is 3.74. The van der Waals surface area contributed by atoms with Crippen LogP contribution in [0.5, 0.6) is 11.5 Å². The summed E-state index contributed by atoms with van der Waals surface area (Å²) in [5, 5.41) is 22.2. The summed E-state index contributed by atoms with van der Waals surface area (Å²) in [6.07, 6.45) is 4.29. The van der Waals surface area contributed by atoms with Crippen molar-refractivity contribution in [2.75, 3.05) is 39.4 Å². The molecular weight excluding hydrogens is 480 g/mol. The van der Waals surface area contributed by atoms with Crippen LogP contribution in [0.3, 0.4) is 0 Å². The number of benzene rings is 2. The van der Waals surface area contributed by atoms with Crippen molar-refractivity contribution in [2.24, 2.45) is 0 Å². The minimum atomic E-state index is -1.38. The molecular formula is C28H37ClN2O5. The minimum Gasteiger partial charge on any atom is -0.494 e. The summed E-state index contributed by atoms with van der Waals surface area (Å²) < 4.78 is 11.7. The third kappa shape index (κ3) is 7.59. The molecule has 1 amide bonds. The number of piperidine rings is 1. The maximum absolute atomic E-state index is 12.1. The molecule has 2 saturated heterocycles. The van der Waals surface area contributed by atoms with Crippen LogP contribution in [0, 0.1) is 0 Å². The molecule has 2 aromatic rings. The van der Waals surface area contributed by atoms with Gasteiger partial charge in [0, 0.05) is 44.2 Å². The van der Waals surface area contributed by atoms with Crippen molar-refractivity contribution in [1.29, 1.82) is 0 Å². The fourth-order valence-corrected chi connectivity index (χ4v) is 5.08. The van der Waals surface area contributed by atoms with Gasteiger partial charge in [-0.15, -0.1) is 0 Å². The molecule has 0 saturated carbocycles. The van der Waals surface area contributed by atoms with Crippen LogP contribution in [0.1, 0.15) is 44.1 Å². The first kappa shape index (κ1) is 26.7. The van der Waals surface area contributed by atoms with Crippen molar-refractivity contribution < 1.29 is 24.5 Å². The van der Waals surface area contributed by atoms with Gasteiger partial charge in [0.1, 0.15) is 23.7 Å². The number of aliphatic hydroxyl groups excluding tert-OH is 1. The number of ether oxygens (including phenoxy) is 2. The van der Waals surface area contributed by atoms with Crippen LogP contribution in [0.2, 0.25) is 5.02 Å². The topological polar surface area (TPSA) is 82.5 Å². The molecule has 7 nitrogen and oxygen atoms in total. The predicted molar refractivity (Wildman–Crippen MR) is 139 cm³/mol. The molecule has 0 bridgehead atoms. The van der Waals surface area contributed by atoms with E-state index in [0.29, 0.717) is 49.9 Å². The molecule has 2 aliphatic rings. The predicted octanol–water partition coefficient (Wildman–Crippen LogP) is 3.89. The van der Waals surface area contributed by atoms with E-state index >= 15 is 0 Å². The summed E-state index contributed by atoms with van der Waals surface area (Å²) in [4.78, 5) is 16.2. The second-order valence-electron chi connectivity index (χ2n) is 9.91. The van der Waals surface area contributed by atoms with E-state index in [9.17, 15) is 15.0 Å². The zero-order valence-electron chi connectivity index (χ0n) is 20.8. The van der Waals surface area contributed by atoms with Gasteiger partial charge < -0.3 is 24.6 Å². The van der Waals surface area contributed by atoms with Crippen molar-refractivity contribution in [3.05, 3.63) is 59.1 Å². The van der Waals surface area contributed by atoms with Gasteiger partial charge >= 0.3 is 0 Å². The summed E-state index contributed by atoms with van der Waals surface area (Å²) in [5.41, 5.74) is -0.302. The Kier molecular flexibility index (Phi) is 9.48.